The number of halogens is 1. The van der Waals surface area contributed by atoms with Crippen LogP contribution in [0.15, 0.2) is 88.5 Å². The lowest BCUT2D eigenvalue weighted by molar-refractivity contribution is 0.198. The molecule has 2 aromatic rings. The Labute approximate surface area is 221 Å². The molecule has 4 heteroatoms. The summed E-state index contributed by atoms with van der Waals surface area (Å²) in [4.78, 5) is 6.64. The van der Waals surface area contributed by atoms with Crippen LogP contribution in [0.2, 0.25) is 0 Å². The number of hydrogen-bond acceptors (Lipinski definition) is 3. The van der Waals surface area contributed by atoms with Crippen molar-refractivity contribution in [3.8, 4) is 5.75 Å². The lowest BCUT2D eigenvalue weighted by Crippen LogP contribution is -2.26. The normalized spacial score (nSPS) is 17.6. The predicted molar refractivity (Wildman–Crippen MR) is 155 cm³/mol. The summed E-state index contributed by atoms with van der Waals surface area (Å²) < 4.78 is 18.8. The quantitative estimate of drug-likeness (QED) is 0.249. The Kier molecular flexibility index (Phi) is 8.94. The fourth-order valence-electron chi connectivity index (χ4n) is 5.04. The van der Waals surface area contributed by atoms with Crippen LogP contribution in [0, 0.1) is 0 Å². The SMILES string of the molecule is C=C(C)C(=C\C=C(C)C)/C(CC)=C(\c1ccc(OC2CCN(CCCF)C2)cc1)c1ccc2c(c1)C=N2. The number of alkyl halides is 1. The smallest absolute Gasteiger partial charge is 0.119 e. The van der Waals surface area contributed by atoms with Crippen LogP contribution in [0.3, 0.4) is 0 Å². The molecule has 0 aromatic heterocycles. The molecule has 1 saturated heterocycles. The van der Waals surface area contributed by atoms with Crippen LogP contribution in [-0.2, 0) is 0 Å². The Bertz CT molecular complexity index is 1250. The monoisotopic (exact) mass is 498 g/mol. The zero-order valence-corrected chi connectivity index (χ0v) is 22.7. The van der Waals surface area contributed by atoms with Gasteiger partial charge in [0.2, 0.25) is 0 Å². The predicted octanol–water partition coefficient (Wildman–Crippen LogP) is 8.24. The zero-order valence-electron chi connectivity index (χ0n) is 22.7. The van der Waals surface area contributed by atoms with Crippen LogP contribution in [0.25, 0.3) is 5.57 Å². The Morgan fingerprint density at radius 2 is 1.86 bits per heavy atom. The molecule has 0 aliphatic carbocycles. The van der Waals surface area contributed by atoms with Gasteiger partial charge in [-0.05, 0) is 92.1 Å². The maximum atomic E-state index is 12.5. The van der Waals surface area contributed by atoms with E-state index in [0.29, 0.717) is 6.42 Å². The van der Waals surface area contributed by atoms with Crippen molar-refractivity contribution in [3.63, 3.8) is 0 Å². The average Bonchev–Trinajstić information content (AvgIpc) is 3.31. The van der Waals surface area contributed by atoms with Crippen molar-refractivity contribution in [2.45, 2.75) is 53.1 Å². The molecular formula is C33H39FN2O. The third kappa shape index (κ3) is 6.56. The number of aliphatic imine (C=N–C) groups is 1. The highest BCUT2D eigenvalue weighted by Crippen LogP contribution is 2.38. The van der Waals surface area contributed by atoms with Crippen molar-refractivity contribution in [2.75, 3.05) is 26.3 Å². The largest absolute Gasteiger partial charge is 0.489 e. The van der Waals surface area contributed by atoms with E-state index in [1.54, 1.807) is 0 Å². The van der Waals surface area contributed by atoms with Gasteiger partial charge in [-0.2, -0.15) is 0 Å². The van der Waals surface area contributed by atoms with Crippen LogP contribution >= 0.6 is 0 Å². The van der Waals surface area contributed by atoms with Crippen LogP contribution in [0.5, 0.6) is 5.75 Å². The van der Waals surface area contributed by atoms with Gasteiger partial charge in [0.1, 0.15) is 11.9 Å². The first-order chi connectivity index (χ1) is 17.9. The third-order valence-electron chi connectivity index (χ3n) is 6.97. The van der Waals surface area contributed by atoms with Gasteiger partial charge in [0.25, 0.3) is 0 Å². The summed E-state index contributed by atoms with van der Waals surface area (Å²) in [6.45, 7) is 15.2. The lowest BCUT2D eigenvalue weighted by atomic mass is 9.85. The fraction of sp³-hybridized carbons (Fsp3) is 0.364. The average molecular weight is 499 g/mol. The number of benzene rings is 2. The summed E-state index contributed by atoms with van der Waals surface area (Å²) in [5, 5.41) is 0. The molecule has 37 heavy (non-hydrogen) atoms. The van der Waals surface area contributed by atoms with E-state index in [-0.39, 0.29) is 12.8 Å². The van der Waals surface area contributed by atoms with Crippen molar-refractivity contribution < 1.29 is 9.13 Å². The fourth-order valence-corrected chi connectivity index (χ4v) is 5.04. The molecule has 194 valence electrons. The Hall–Kier alpha value is -3.24. The zero-order chi connectivity index (χ0) is 26.4. The third-order valence-corrected chi connectivity index (χ3v) is 6.97. The van der Waals surface area contributed by atoms with Gasteiger partial charge in [-0.1, -0.05) is 55.0 Å². The van der Waals surface area contributed by atoms with Gasteiger partial charge in [0.05, 0.1) is 12.4 Å². The number of hydrogen-bond donors (Lipinski definition) is 0. The van der Waals surface area contributed by atoms with Gasteiger partial charge in [0.15, 0.2) is 0 Å². The van der Waals surface area contributed by atoms with Gasteiger partial charge >= 0.3 is 0 Å². The molecule has 2 aliphatic heterocycles. The maximum absolute atomic E-state index is 12.5. The van der Waals surface area contributed by atoms with Crippen LogP contribution in [0.1, 0.15) is 63.6 Å². The van der Waals surface area contributed by atoms with E-state index in [1.165, 1.54) is 33.4 Å². The first-order valence-electron chi connectivity index (χ1n) is 13.4. The molecule has 0 bridgehead atoms. The molecular weight excluding hydrogens is 459 g/mol. The molecule has 3 nitrogen and oxygen atoms in total. The Morgan fingerprint density at radius 1 is 1.11 bits per heavy atom. The number of nitrogens with zero attached hydrogens (tertiary/aromatic N) is 2. The summed E-state index contributed by atoms with van der Waals surface area (Å²) in [7, 11) is 0. The second kappa shape index (κ2) is 12.3. The highest BCUT2D eigenvalue weighted by Gasteiger charge is 2.24. The molecule has 0 amide bonds. The number of fused-ring (bicyclic) bond motifs is 1. The first kappa shape index (κ1) is 26.8. The summed E-state index contributed by atoms with van der Waals surface area (Å²) in [5.74, 6) is 0.878. The van der Waals surface area contributed by atoms with Gasteiger partial charge in [0, 0.05) is 31.4 Å². The molecule has 2 aromatic carbocycles. The molecule has 0 spiro atoms. The number of ether oxygens (including phenoxy) is 1. The molecule has 1 unspecified atom stereocenters. The maximum Gasteiger partial charge on any atom is 0.119 e. The van der Waals surface area contributed by atoms with Gasteiger partial charge < -0.3 is 4.74 Å². The first-order valence-corrected chi connectivity index (χ1v) is 13.4. The minimum atomic E-state index is -0.257. The number of allylic oxidation sites excluding steroid dienone is 6. The molecule has 0 N–H and O–H groups in total. The van der Waals surface area contributed by atoms with Crippen molar-refractivity contribution in [2.24, 2.45) is 4.99 Å². The second-order valence-corrected chi connectivity index (χ2v) is 10.2. The van der Waals surface area contributed by atoms with Crippen molar-refractivity contribution >= 4 is 17.5 Å². The van der Waals surface area contributed by atoms with Crippen LogP contribution < -0.4 is 4.74 Å². The molecule has 2 heterocycles. The molecule has 1 atom stereocenters. The second-order valence-electron chi connectivity index (χ2n) is 10.2. The van der Waals surface area contributed by atoms with E-state index >= 15 is 0 Å². The minimum absolute atomic E-state index is 0.154. The topological polar surface area (TPSA) is 24.8 Å². The van der Waals surface area contributed by atoms with Crippen molar-refractivity contribution in [1.82, 2.24) is 4.90 Å². The number of rotatable bonds is 11. The summed E-state index contributed by atoms with van der Waals surface area (Å²) in [6.07, 6.45) is 8.90. The van der Waals surface area contributed by atoms with E-state index in [1.807, 2.05) is 6.21 Å². The summed E-state index contributed by atoms with van der Waals surface area (Å²) in [6, 6.07) is 15.0. The molecule has 0 radical (unpaired) electrons. The van der Waals surface area contributed by atoms with Crippen LogP contribution in [-0.4, -0.2) is 43.5 Å². The molecule has 2 aliphatic rings. The van der Waals surface area contributed by atoms with Gasteiger partial charge in [-0.3, -0.25) is 14.3 Å². The van der Waals surface area contributed by atoms with Crippen molar-refractivity contribution in [1.29, 1.82) is 0 Å². The molecule has 4 rings (SSSR count). The van der Waals surface area contributed by atoms with E-state index in [9.17, 15) is 4.39 Å². The number of likely N-dealkylation sites (tertiary alicyclic amines) is 1. The van der Waals surface area contributed by atoms with E-state index in [0.717, 1.165) is 55.0 Å². The van der Waals surface area contributed by atoms with E-state index < -0.39 is 0 Å². The van der Waals surface area contributed by atoms with E-state index in [4.69, 9.17) is 4.74 Å². The Morgan fingerprint density at radius 3 is 2.46 bits per heavy atom. The summed E-state index contributed by atoms with van der Waals surface area (Å²) >= 11 is 0. The Balaban J connectivity index is 1.68. The highest BCUT2D eigenvalue weighted by atomic mass is 19.1. The minimum Gasteiger partial charge on any atom is -0.489 e. The lowest BCUT2D eigenvalue weighted by Gasteiger charge is -2.21. The van der Waals surface area contributed by atoms with Gasteiger partial charge in [-0.25, -0.2) is 0 Å². The highest BCUT2D eigenvalue weighted by molar-refractivity contribution is 5.98. The van der Waals surface area contributed by atoms with Gasteiger partial charge in [-0.15, -0.1) is 0 Å². The molecule has 0 saturated carbocycles. The standard InChI is InChI=1S/C33H39FN2O/c1-6-30(31(24(4)5)14-8-23(2)3)33(26-11-15-32-27(20-26)21-35-32)25-9-12-28(13-10-25)37-29-16-19-36(22-29)18-7-17-34/h8-15,20-21,29H,4,6-7,16-19,22H2,1-3,5H3/b31-14+,33-30+. The molecule has 1 fully saturated rings. The van der Waals surface area contributed by atoms with Crippen molar-refractivity contribution in [3.05, 3.63) is 100 Å². The van der Waals surface area contributed by atoms with Crippen LogP contribution in [0.4, 0.5) is 10.1 Å². The summed E-state index contributed by atoms with van der Waals surface area (Å²) in [5.41, 5.74) is 10.5. The van der Waals surface area contributed by atoms with E-state index in [2.05, 4.69) is 98.8 Å².